The zero-order valence-electron chi connectivity index (χ0n) is 11.3. The van der Waals surface area contributed by atoms with Crippen molar-refractivity contribution in [1.29, 1.82) is 0 Å². The molecule has 0 radical (unpaired) electrons. The van der Waals surface area contributed by atoms with Crippen LogP contribution in [-0.2, 0) is 4.79 Å². The minimum atomic E-state index is -0.235. The van der Waals surface area contributed by atoms with Crippen LogP contribution in [0.15, 0.2) is 24.3 Å². The van der Waals surface area contributed by atoms with Gasteiger partial charge in [-0.2, -0.15) is 0 Å². The quantitative estimate of drug-likeness (QED) is 0.862. The van der Waals surface area contributed by atoms with Crippen LogP contribution >= 0.6 is 11.6 Å². The maximum atomic E-state index is 11.8. The molecule has 0 saturated carbocycles. The van der Waals surface area contributed by atoms with Crippen LogP contribution in [0.2, 0.25) is 5.02 Å². The molecule has 0 aliphatic heterocycles. The second kappa shape index (κ2) is 6.76. The summed E-state index contributed by atoms with van der Waals surface area (Å²) in [6.45, 7) is 7.78. The molecule has 2 atom stereocenters. The maximum absolute atomic E-state index is 11.8. The molecule has 0 unspecified atom stereocenters. The molecule has 3 nitrogen and oxygen atoms in total. The van der Waals surface area contributed by atoms with Gasteiger partial charge in [-0.05, 0) is 45.4 Å². The molecule has 2 N–H and O–H groups in total. The van der Waals surface area contributed by atoms with Gasteiger partial charge in [0.05, 0.1) is 6.04 Å². The molecule has 1 aromatic rings. The Morgan fingerprint density at radius 1 is 1.22 bits per heavy atom. The third-order valence-corrected chi connectivity index (χ3v) is 2.91. The fraction of sp³-hybridized carbons (Fsp3) is 0.500. The van der Waals surface area contributed by atoms with Crippen molar-refractivity contribution in [3.05, 3.63) is 34.9 Å². The summed E-state index contributed by atoms with van der Waals surface area (Å²) in [5.41, 5.74) is 1.08. The molecular weight excluding hydrogens is 248 g/mol. The monoisotopic (exact) mass is 268 g/mol. The molecule has 4 heteroatoms. The largest absolute Gasteiger partial charge is 0.353 e. The first kappa shape index (κ1) is 15.0. The highest BCUT2D eigenvalue weighted by Gasteiger charge is 2.16. The average molecular weight is 269 g/mol. The van der Waals surface area contributed by atoms with E-state index in [0.29, 0.717) is 5.02 Å². The third kappa shape index (κ3) is 4.67. The summed E-state index contributed by atoms with van der Waals surface area (Å²) in [5.74, 6) is 0.0129. The highest BCUT2D eigenvalue weighted by atomic mass is 35.5. The minimum absolute atomic E-state index is 0.0129. The first-order valence-corrected chi connectivity index (χ1v) is 6.60. The SMILES string of the molecule is CC(C)NC(=O)[C@H](C)N[C@@H](C)c1cccc(Cl)c1. The summed E-state index contributed by atoms with van der Waals surface area (Å²) >= 11 is 5.95. The summed E-state index contributed by atoms with van der Waals surface area (Å²) in [6.07, 6.45) is 0. The van der Waals surface area contributed by atoms with Gasteiger partial charge in [0.1, 0.15) is 0 Å². The van der Waals surface area contributed by atoms with Crippen LogP contribution in [0.25, 0.3) is 0 Å². The van der Waals surface area contributed by atoms with Crippen molar-refractivity contribution in [2.45, 2.75) is 45.8 Å². The van der Waals surface area contributed by atoms with Crippen molar-refractivity contribution in [2.75, 3.05) is 0 Å². The number of hydrogen-bond acceptors (Lipinski definition) is 2. The Morgan fingerprint density at radius 2 is 1.89 bits per heavy atom. The van der Waals surface area contributed by atoms with Gasteiger partial charge in [0.15, 0.2) is 0 Å². The molecule has 100 valence electrons. The van der Waals surface area contributed by atoms with E-state index in [2.05, 4.69) is 10.6 Å². The molecule has 0 aliphatic carbocycles. The van der Waals surface area contributed by atoms with Crippen LogP contribution in [0, 0.1) is 0 Å². The van der Waals surface area contributed by atoms with Crippen molar-refractivity contribution < 1.29 is 4.79 Å². The molecule has 0 spiro atoms. The lowest BCUT2D eigenvalue weighted by Crippen LogP contribution is -2.45. The van der Waals surface area contributed by atoms with Gasteiger partial charge in [-0.3, -0.25) is 10.1 Å². The molecular formula is C14H21ClN2O. The molecule has 0 fully saturated rings. The number of amides is 1. The standard InChI is InChI=1S/C14H21ClN2O/c1-9(2)16-14(18)11(4)17-10(3)12-6-5-7-13(15)8-12/h5-11,17H,1-4H3,(H,16,18)/t10-,11-/m0/s1. The fourth-order valence-electron chi connectivity index (χ4n) is 1.73. The zero-order valence-corrected chi connectivity index (χ0v) is 12.1. The van der Waals surface area contributed by atoms with E-state index in [1.807, 2.05) is 52.0 Å². The molecule has 1 rings (SSSR count). The Morgan fingerprint density at radius 3 is 2.44 bits per heavy atom. The highest BCUT2D eigenvalue weighted by molar-refractivity contribution is 6.30. The fourth-order valence-corrected chi connectivity index (χ4v) is 1.93. The van der Waals surface area contributed by atoms with Gasteiger partial charge in [0.25, 0.3) is 0 Å². The third-order valence-electron chi connectivity index (χ3n) is 2.67. The Labute approximate surface area is 114 Å². The van der Waals surface area contributed by atoms with Gasteiger partial charge in [0, 0.05) is 17.1 Å². The van der Waals surface area contributed by atoms with Crippen molar-refractivity contribution in [3.8, 4) is 0 Å². The second-order valence-electron chi connectivity index (χ2n) is 4.83. The lowest BCUT2D eigenvalue weighted by Gasteiger charge is -2.21. The Kier molecular flexibility index (Phi) is 5.63. The maximum Gasteiger partial charge on any atom is 0.237 e. The molecule has 0 bridgehead atoms. The molecule has 1 aromatic carbocycles. The Bertz CT molecular complexity index is 407. The van der Waals surface area contributed by atoms with Gasteiger partial charge in [0.2, 0.25) is 5.91 Å². The van der Waals surface area contributed by atoms with Crippen LogP contribution < -0.4 is 10.6 Å². The number of benzene rings is 1. The van der Waals surface area contributed by atoms with Crippen molar-refractivity contribution in [2.24, 2.45) is 0 Å². The van der Waals surface area contributed by atoms with E-state index in [9.17, 15) is 4.79 Å². The van der Waals surface area contributed by atoms with Gasteiger partial charge < -0.3 is 5.32 Å². The van der Waals surface area contributed by atoms with Crippen molar-refractivity contribution >= 4 is 17.5 Å². The highest BCUT2D eigenvalue weighted by Crippen LogP contribution is 2.17. The van der Waals surface area contributed by atoms with E-state index >= 15 is 0 Å². The van der Waals surface area contributed by atoms with E-state index in [0.717, 1.165) is 5.56 Å². The molecule has 0 aliphatic rings. The first-order valence-electron chi connectivity index (χ1n) is 6.22. The normalized spacial score (nSPS) is 14.3. The lowest BCUT2D eigenvalue weighted by molar-refractivity contribution is -0.123. The van der Waals surface area contributed by atoms with E-state index in [1.54, 1.807) is 0 Å². The van der Waals surface area contributed by atoms with Crippen LogP contribution in [0.3, 0.4) is 0 Å². The number of nitrogens with one attached hydrogen (secondary N) is 2. The Balaban J connectivity index is 2.59. The Hall–Kier alpha value is -1.06. The van der Waals surface area contributed by atoms with Gasteiger partial charge >= 0.3 is 0 Å². The van der Waals surface area contributed by atoms with E-state index < -0.39 is 0 Å². The van der Waals surface area contributed by atoms with Crippen molar-refractivity contribution in [1.82, 2.24) is 10.6 Å². The molecule has 18 heavy (non-hydrogen) atoms. The summed E-state index contributed by atoms with van der Waals surface area (Å²) in [4.78, 5) is 11.8. The molecule has 1 amide bonds. The van der Waals surface area contributed by atoms with Gasteiger partial charge in [-0.25, -0.2) is 0 Å². The topological polar surface area (TPSA) is 41.1 Å². The predicted octanol–water partition coefficient (Wildman–Crippen LogP) is 2.90. The first-order chi connectivity index (χ1) is 8.40. The van der Waals surface area contributed by atoms with Crippen LogP contribution in [0.5, 0.6) is 0 Å². The lowest BCUT2D eigenvalue weighted by atomic mass is 10.1. The van der Waals surface area contributed by atoms with Crippen molar-refractivity contribution in [3.63, 3.8) is 0 Å². The number of hydrogen-bond donors (Lipinski definition) is 2. The predicted molar refractivity (Wildman–Crippen MR) is 75.7 cm³/mol. The van der Waals surface area contributed by atoms with Crippen LogP contribution in [0.1, 0.15) is 39.3 Å². The minimum Gasteiger partial charge on any atom is -0.353 e. The second-order valence-corrected chi connectivity index (χ2v) is 5.26. The van der Waals surface area contributed by atoms with E-state index in [4.69, 9.17) is 11.6 Å². The summed E-state index contributed by atoms with van der Waals surface area (Å²) in [7, 11) is 0. The smallest absolute Gasteiger partial charge is 0.237 e. The average Bonchev–Trinajstić information content (AvgIpc) is 2.27. The number of rotatable bonds is 5. The molecule has 0 aromatic heterocycles. The van der Waals surface area contributed by atoms with Gasteiger partial charge in [-0.1, -0.05) is 23.7 Å². The summed E-state index contributed by atoms with van der Waals surface area (Å²) in [5, 5.41) is 6.85. The summed E-state index contributed by atoms with van der Waals surface area (Å²) < 4.78 is 0. The molecule has 0 heterocycles. The van der Waals surface area contributed by atoms with Gasteiger partial charge in [-0.15, -0.1) is 0 Å². The number of carbonyl (C=O) groups excluding carboxylic acids is 1. The zero-order chi connectivity index (χ0) is 13.7. The van der Waals surface area contributed by atoms with E-state index in [1.165, 1.54) is 0 Å². The number of halogens is 1. The summed E-state index contributed by atoms with van der Waals surface area (Å²) in [6, 6.07) is 7.66. The van der Waals surface area contributed by atoms with E-state index in [-0.39, 0.29) is 24.0 Å². The number of carbonyl (C=O) groups is 1. The molecule has 0 saturated heterocycles. The van der Waals surface area contributed by atoms with Crippen LogP contribution in [-0.4, -0.2) is 18.0 Å². The van der Waals surface area contributed by atoms with Crippen LogP contribution in [0.4, 0.5) is 0 Å².